The van der Waals surface area contributed by atoms with E-state index in [9.17, 15) is 13.2 Å². The Labute approximate surface area is 162 Å². The van der Waals surface area contributed by atoms with Crippen LogP contribution in [-0.4, -0.2) is 41.1 Å². The van der Waals surface area contributed by atoms with Crippen LogP contribution >= 0.6 is 23.2 Å². The minimum absolute atomic E-state index is 0.0423. The topological polar surface area (TPSA) is 75.7 Å². The summed E-state index contributed by atoms with van der Waals surface area (Å²) in [7, 11) is -2.52. The lowest BCUT2D eigenvalue weighted by atomic mass is 10.3. The summed E-state index contributed by atoms with van der Waals surface area (Å²) in [5.74, 6) is -0.488. The van der Waals surface area contributed by atoms with E-state index in [2.05, 4.69) is 5.32 Å². The van der Waals surface area contributed by atoms with Gasteiger partial charge in [0, 0.05) is 13.7 Å². The Kier molecular flexibility index (Phi) is 7.28. The van der Waals surface area contributed by atoms with Gasteiger partial charge >= 0.3 is 0 Å². The van der Waals surface area contributed by atoms with E-state index in [1.807, 2.05) is 0 Å². The van der Waals surface area contributed by atoms with E-state index in [1.54, 1.807) is 30.3 Å². The van der Waals surface area contributed by atoms with E-state index in [0.717, 1.165) is 4.31 Å². The lowest BCUT2D eigenvalue weighted by Gasteiger charge is -2.25. The van der Waals surface area contributed by atoms with Crippen LogP contribution in [0.4, 0.5) is 5.69 Å². The summed E-state index contributed by atoms with van der Waals surface area (Å²) in [6, 6.07) is 12.4. The average Bonchev–Trinajstić information content (AvgIpc) is 2.63. The third kappa shape index (κ3) is 4.88. The molecule has 0 spiro atoms. The molecule has 0 aromatic heterocycles. The van der Waals surface area contributed by atoms with E-state index in [0.29, 0.717) is 6.61 Å². The van der Waals surface area contributed by atoms with Crippen molar-refractivity contribution in [3.05, 3.63) is 58.6 Å². The molecule has 2 aromatic carbocycles. The van der Waals surface area contributed by atoms with Crippen molar-refractivity contribution in [3.63, 3.8) is 0 Å². The predicted octanol–water partition coefficient (Wildman–Crippen LogP) is 2.95. The maximum absolute atomic E-state index is 13.1. The third-order valence-electron chi connectivity index (χ3n) is 3.45. The molecule has 0 unspecified atom stereocenters. The molecule has 1 N–H and O–H groups in total. The number of carbonyl (C=O) groups excluding carboxylic acids is 1. The first-order valence-electron chi connectivity index (χ1n) is 7.65. The number of ether oxygens (including phenoxy) is 1. The maximum atomic E-state index is 13.1. The molecule has 1 amide bonds. The first-order valence-corrected chi connectivity index (χ1v) is 9.85. The molecule has 0 radical (unpaired) electrons. The summed E-state index contributed by atoms with van der Waals surface area (Å²) in [5.41, 5.74) is 0.130. The van der Waals surface area contributed by atoms with Gasteiger partial charge in [-0.2, -0.15) is 0 Å². The van der Waals surface area contributed by atoms with Crippen molar-refractivity contribution in [2.24, 2.45) is 0 Å². The molecule has 0 atom stereocenters. The number of anilines is 1. The van der Waals surface area contributed by atoms with Crippen LogP contribution in [0.3, 0.4) is 0 Å². The number of nitrogens with one attached hydrogen (secondary N) is 1. The Balaban J connectivity index is 2.42. The van der Waals surface area contributed by atoms with E-state index in [1.165, 1.54) is 25.3 Å². The highest BCUT2D eigenvalue weighted by molar-refractivity contribution is 7.92. The second kappa shape index (κ2) is 9.23. The first kappa shape index (κ1) is 20.5. The van der Waals surface area contributed by atoms with Gasteiger partial charge in [0.05, 0.1) is 27.2 Å². The molecule has 26 heavy (non-hydrogen) atoms. The van der Waals surface area contributed by atoms with Gasteiger partial charge in [-0.05, 0) is 24.3 Å². The highest BCUT2D eigenvalue weighted by Gasteiger charge is 2.29. The number of carbonyl (C=O) groups is 1. The van der Waals surface area contributed by atoms with Crippen LogP contribution in [0.5, 0.6) is 0 Å². The Morgan fingerprint density at radius 2 is 1.81 bits per heavy atom. The highest BCUT2D eigenvalue weighted by Crippen LogP contribution is 2.35. The molecule has 0 bridgehead atoms. The van der Waals surface area contributed by atoms with Crippen LogP contribution in [-0.2, 0) is 19.6 Å². The normalized spacial score (nSPS) is 11.2. The van der Waals surface area contributed by atoms with Crippen molar-refractivity contribution < 1.29 is 17.9 Å². The molecule has 140 valence electrons. The Hall–Kier alpha value is -1.80. The zero-order valence-electron chi connectivity index (χ0n) is 14.0. The Morgan fingerprint density at radius 3 is 2.46 bits per heavy atom. The van der Waals surface area contributed by atoms with Crippen LogP contribution in [0.25, 0.3) is 0 Å². The summed E-state index contributed by atoms with van der Waals surface area (Å²) >= 11 is 12.2. The van der Waals surface area contributed by atoms with Crippen molar-refractivity contribution in [1.82, 2.24) is 5.32 Å². The fourth-order valence-electron chi connectivity index (χ4n) is 2.18. The summed E-state index contributed by atoms with van der Waals surface area (Å²) in [4.78, 5) is 12.3. The second-order valence-corrected chi connectivity index (χ2v) is 7.89. The summed E-state index contributed by atoms with van der Waals surface area (Å²) in [6.45, 7) is 0.133. The van der Waals surface area contributed by atoms with Crippen LogP contribution in [0, 0.1) is 0 Å². The number of hydrogen-bond acceptors (Lipinski definition) is 4. The minimum atomic E-state index is -4.02. The van der Waals surface area contributed by atoms with Crippen LogP contribution < -0.4 is 9.62 Å². The quantitative estimate of drug-likeness (QED) is 0.671. The smallest absolute Gasteiger partial charge is 0.264 e. The van der Waals surface area contributed by atoms with Crippen molar-refractivity contribution in [2.45, 2.75) is 4.90 Å². The summed E-state index contributed by atoms with van der Waals surface area (Å²) in [5, 5.41) is 2.84. The zero-order chi connectivity index (χ0) is 19.2. The van der Waals surface area contributed by atoms with Gasteiger partial charge in [0.1, 0.15) is 6.54 Å². The number of halogens is 2. The van der Waals surface area contributed by atoms with Gasteiger partial charge in [-0.25, -0.2) is 8.42 Å². The largest absolute Gasteiger partial charge is 0.383 e. The predicted molar refractivity (Wildman–Crippen MR) is 102 cm³/mol. The van der Waals surface area contributed by atoms with Crippen molar-refractivity contribution in [3.8, 4) is 0 Å². The number of hydrogen-bond donors (Lipinski definition) is 1. The lowest BCUT2D eigenvalue weighted by molar-refractivity contribution is -0.119. The fraction of sp³-hybridized carbons (Fsp3) is 0.235. The van der Waals surface area contributed by atoms with Gasteiger partial charge in [-0.15, -0.1) is 0 Å². The van der Waals surface area contributed by atoms with Gasteiger partial charge in [-0.1, -0.05) is 47.5 Å². The molecule has 0 aliphatic rings. The zero-order valence-corrected chi connectivity index (χ0v) is 16.3. The maximum Gasteiger partial charge on any atom is 0.264 e. The number of nitrogens with zero attached hydrogens (tertiary/aromatic N) is 1. The Bertz CT molecular complexity index is 860. The molecule has 2 rings (SSSR count). The van der Waals surface area contributed by atoms with Crippen molar-refractivity contribution >= 4 is 44.8 Å². The number of benzene rings is 2. The molecule has 0 aliphatic heterocycles. The molecule has 6 nitrogen and oxygen atoms in total. The van der Waals surface area contributed by atoms with E-state index in [-0.39, 0.29) is 27.2 Å². The summed E-state index contributed by atoms with van der Waals surface area (Å²) < 4.78 is 32.0. The molecular weight excluding hydrogens is 399 g/mol. The molecule has 0 heterocycles. The van der Waals surface area contributed by atoms with Gasteiger partial charge < -0.3 is 10.1 Å². The van der Waals surface area contributed by atoms with E-state index >= 15 is 0 Å². The number of rotatable bonds is 8. The molecule has 9 heteroatoms. The SMILES string of the molecule is COCCNC(=O)CN(c1cccc(Cl)c1Cl)S(=O)(=O)c1ccccc1. The van der Waals surface area contributed by atoms with Crippen molar-refractivity contribution in [1.29, 1.82) is 0 Å². The molecule has 0 saturated heterocycles. The van der Waals surface area contributed by atoms with Gasteiger partial charge in [0.2, 0.25) is 5.91 Å². The standard InChI is InChI=1S/C17H18Cl2N2O4S/c1-25-11-10-20-16(22)12-21(15-9-5-8-14(18)17(15)19)26(23,24)13-6-3-2-4-7-13/h2-9H,10-12H2,1H3,(H,20,22). The number of sulfonamides is 1. The van der Waals surface area contributed by atoms with E-state index in [4.69, 9.17) is 27.9 Å². The van der Waals surface area contributed by atoms with Gasteiger partial charge in [0.25, 0.3) is 10.0 Å². The van der Waals surface area contributed by atoms with Gasteiger partial charge in [-0.3, -0.25) is 9.10 Å². The van der Waals surface area contributed by atoms with Crippen molar-refractivity contribution in [2.75, 3.05) is 31.1 Å². The number of amides is 1. The monoisotopic (exact) mass is 416 g/mol. The number of methoxy groups -OCH3 is 1. The summed E-state index contributed by atoms with van der Waals surface area (Å²) in [6.07, 6.45) is 0. The molecule has 0 fully saturated rings. The van der Waals surface area contributed by atoms with Crippen LogP contribution in [0.15, 0.2) is 53.4 Å². The molecular formula is C17H18Cl2N2O4S. The highest BCUT2D eigenvalue weighted by atomic mass is 35.5. The minimum Gasteiger partial charge on any atom is -0.383 e. The van der Waals surface area contributed by atoms with E-state index < -0.39 is 22.5 Å². The second-order valence-electron chi connectivity index (χ2n) is 5.24. The average molecular weight is 417 g/mol. The Morgan fingerprint density at radius 1 is 1.12 bits per heavy atom. The van der Waals surface area contributed by atoms with Crippen LogP contribution in [0.2, 0.25) is 10.0 Å². The van der Waals surface area contributed by atoms with Crippen LogP contribution in [0.1, 0.15) is 0 Å². The fourth-order valence-corrected chi connectivity index (χ4v) is 4.08. The molecule has 0 saturated carbocycles. The first-order chi connectivity index (χ1) is 12.4. The third-order valence-corrected chi connectivity index (χ3v) is 6.03. The molecule has 0 aliphatic carbocycles. The lowest BCUT2D eigenvalue weighted by Crippen LogP contribution is -2.41. The molecule has 2 aromatic rings. The van der Waals surface area contributed by atoms with Gasteiger partial charge in [0.15, 0.2) is 0 Å².